The maximum Gasteiger partial charge on any atom is 0.573 e. The summed E-state index contributed by atoms with van der Waals surface area (Å²) in [5.41, 5.74) is 3.85. The van der Waals surface area contributed by atoms with E-state index in [0.717, 1.165) is 23.1 Å². The topological polar surface area (TPSA) is 29.5 Å². The van der Waals surface area contributed by atoms with Gasteiger partial charge in [-0.3, -0.25) is 4.79 Å². The van der Waals surface area contributed by atoms with Crippen molar-refractivity contribution >= 4 is 23.1 Å². The fourth-order valence-electron chi connectivity index (χ4n) is 3.46. The highest BCUT2D eigenvalue weighted by Crippen LogP contribution is 2.34. The fraction of sp³-hybridized carbons (Fsp3) is 0.292. The van der Waals surface area contributed by atoms with Gasteiger partial charge in [-0.25, -0.2) is 0 Å². The van der Waals surface area contributed by atoms with Crippen molar-refractivity contribution < 1.29 is 22.7 Å². The number of benzene rings is 2. The Hall–Kier alpha value is -2.73. The van der Waals surface area contributed by atoms with Gasteiger partial charge in [-0.15, -0.1) is 13.2 Å². The van der Waals surface area contributed by atoms with Gasteiger partial charge < -0.3 is 9.64 Å². The van der Waals surface area contributed by atoms with Gasteiger partial charge in [0.1, 0.15) is 5.75 Å². The summed E-state index contributed by atoms with van der Waals surface area (Å²) >= 11 is 6.45. The number of alkyl halides is 3. The molecule has 0 radical (unpaired) electrons. The van der Waals surface area contributed by atoms with E-state index in [0.29, 0.717) is 28.6 Å². The number of hydrogen-bond donors (Lipinski definition) is 0. The van der Waals surface area contributed by atoms with Crippen molar-refractivity contribution in [1.29, 1.82) is 0 Å². The van der Waals surface area contributed by atoms with Crippen LogP contribution >= 0.6 is 11.6 Å². The molecule has 1 amide bonds. The minimum absolute atomic E-state index is 0.200. The first-order valence-corrected chi connectivity index (χ1v) is 10.2. The minimum Gasteiger partial charge on any atom is -0.406 e. The van der Waals surface area contributed by atoms with Crippen molar-refractivity contribution in [2.45, 2.75) is 39.7 Å². The predicted octanol–water partition coefficient (Wildman–Crippen LogP) is 7.01. The van der Waals surface area contributed by atoms with Gasteiger partial charge in [0.15, 0.2) is 0 Å². The molecule has 3 nitrogen and oxygen atoms in total. The van der Waals surface area contributed by atoms with Crippen LogP contribution in [0, 0.1) is 5.92 Å². The average molecular weight is 450 g/mol. The zero-order valence-corrected chi connectivity index (χ0v) is 18.1. The van der Waals surface area contributed by atoms with Gasteiger partial charge in [-0.1, -0.05) is 56.3 Å². The van der Waals surface area contributed by atoms with Crippen molar-refractivity contribution in [2.75, 3.05) is 0 Å². The van der Waals surface area contributed by atoms with E-state index in [1.165, 1.54) is 24.3 Å². The average Bonchev–Trinajstić information content (AvgIpc) is 2.98. The minimum atomic E-state index is -4.74. The first kappa shape index (κ1) is 22.9. The number of allylic oxidation sites excluding steroid dienone is 3. The molecule has 0 atom stereocenters. The molecule has 1 aliphatic heterocycles. The van der Waals surface area contributed by atoms with Crippen LogP contribution in [0.25, 0.3) is 5.57 Å². The van der Waals surface area contributed by atoms with Crippen LogP contribution in [0.15, 0.2) is 55.1 Å². The SMILES string of the molecule is C=C/C(=C\CC(C)C)c1cc(Cl)c2c(c1)CN(Cc1ccc(OC(F)(F)F)cc1)C2=O. The molecule has 0 fully saturated rings. The number of carbonyl (C=O) groups excluding carboxylic acids is 1. The molecular weight excluding hydrogens is 427 g/mol. The van der Waals surface area contributed by atoms with Crippen molar-refractivity contribution in [1.82, 2.24) is 4.90 Å². The summed E-state index contributed by atoms with van der Waals surface area (Å²) in [5, 5.41) is 0.381. The Labute approximate surface area is 184 Å². The van der Waals surface area contributed by atoms with Crippen molar-refractivity contribution in [3.63, 3.8) is 0 Å². The molecule has 0 spiro atoms. The van der Waals surface area contributed by atoms with E-state index in [-0.39, 0.29) is 18.2 Å². The quantitative estimate of drug-likeness (QED) is 0.425. The van der Waals surface area contributed by atoms with Gasteiger partial charge in [0, 0.05) is 13.1 Å². The molecule has 164 valence electrons. The van der Waals surface area contributed by atoms with Crippen LogP contribution in [0.2, 0.25) is 5.02 Å². The number of halogens is 4. The van der Waals surface area contributed by atoms with E-state index in [1.807, 2.05) is 6.07 Å². The van der Waals surface area contributed by atoms with E-state index in [4.69, 9.17) is 11.6 Å². The first-order chi connectivity index (χ1) is 14.6. The van der Waals surface area contributed by atoms with Gasteiger partial charge >= 0.3 is 6.36 Å². The molecular formula is C24H23ClF3NO2. The predicted molar refractivity (Wildman–Crippen MR) is 116 cm³/mol. The van der Waals surface area contributed by atoms with Crippen LogP contribution in [0.3, 0.4) is 0 Å². The Morgan fingerprint density at radius 3 is 2.52 bits per heavy atom. The summed E-state index contributed by atoms with van der Waals surface area (Å²) in [6.45, 7) is 8.77. The number of fused-ring (bicyclic) bond motifs is 1. The standard InChI is InChI=1S/C24H23ClF3NO2/c1-4-17(8-5-15(2)3)18-11-19-14-29(23(30)22(19)21(25)12-18)13-16-6-9-20(10-7-16)31-24(26,27)28/h4,6-12,15H,1,5,13-14H2,2-3H3/b17-8+. The summed E-state index contributed by atoms with van der Waals surface area (Å²) in [5.74, 6) is 0.00318. The van der Waals surface area contributed by atoms with E-state index < -0.39 is 6.36 Å². The second-order valence-corrected chi connectivity index (χ2v) is 8.25. The van der Waals surface area contributed by atoms with Crippen LogP contribution in [-0.4, -0.2) is 17.2 Å². The fourth-order valence-corrected chi connectivity index (χ4v) is 3.78. The highest BCUT2D eigenvalue weighted by Gasteiger charge is 2.32. The monoisotopic (exact) mass is 449 g/mol. The smallest absolute Gasteiger partial charge is 0.406 e. The molecule has 31 heavy (non-hydrogen) atoms. The number of rotatable bonds is 7. The Kier molecular flexibility index (Phi) is 6.80. The Morgan fingerprint density at radius 2 is 1.94 bits per heavy atom. The van der Waals surface area contributed by atoms with Crippen LogP contribution in [0.4, 0.5) is 13.2 Å². The van der Waals surface area contributed by atoms with Crippen LogP contribution < -0.4 is 4.74 Å². The van der Waals surface area contributed by atoms with Crippen LogP contribution in [0.5, 0.6) is 5.75 Å². The van der Waals surface area contributed by atoms with E-state index in [1.54, 1.807) is 17.0 Å². The third-order valence-corrected chi connectivity index (χ3v) is 5.23. The highest BCUT2D eigenvalue weighted by molar-refractivity contribution is 6.34. The summed E-state index contributed by atoms with van der Waals surface area (Å²) in [7, 11) is 0. The third-order valence-electron chi connectivity index (χ3n) is 4.93. The summed E-state index contributed by atoms with van der Waals surface area (Å²) in [6, 6.07) is 9.21. The van der Waals surface area contributed by atoms with E-state index >= 15 is 0 Å². The Morgan fingerprint density at radius 1 is 1.26 bits per heavy atom. The molecule has 0 unspecified atom stereocenters. The molecule has 0 N–H and O–H groups in total. The molecule has 7 heteroatoms. The third kappa shape index (κ3) is 5.70. The zero-order valence-electron chi connectivity index (χ0n) is 17.3. The first-order valence-electron chi connectivity index (χ1n) is 9.86. The van der Waals surface area contributed by atoms with Gasteiger partial charge in [0.25, 0.3) is 5.91 Å². The lowest BCUT2D eigenvalue weighted by atomic mass is 9.98. The second kappa shape index (κ2) is 9.18. The molecule has 1 aliphatic rings. The molecule has 1 heterocycles. The maximum absolute atomic E-state index is 12.9. The lowest BCUT2D eigenvalue weighted by Gasteiger charge is -2.16. The molecule has 3 rings (SSSR count). The Bertz CT molecular complexity index is 1010. The molecule has 0 saturated heterocycles. The molecule has 0 bridgehead atoms. The normalized spacial score (nSPS) is 14.2. The van der Waals surface area contributed by atoms with Crippen LogP contribution in [0.1, 0.15) is 47.3 Å². The number of hydrogen-bond acceptors (Lipinski definition) is 2. The lowest BCUT2D eigenvalue weighted by Crippen LogP contribution is -2.23. The van der Waals surface area contributed by atoms with Crippen molar-refractivity contribution in [3.8, 4) is 5.75 Å². The summed E-state index contributed by atoms with van der Waals surface area (Å²) < 4.78 is 40.8. The van der Waals surface area contributed by atoms with E-state index in [9.17, 15) is 18.0 Å². The molecule has 2 aromatic rings. The van der Waals surface area contributed by atoms with Gasteiger partial charge in [-0.05, 0) is 58.9 Å². The number of carbonyl (C=O) groups is 1. The van der Waals surface area contributed by atoms with Gasteiger partial charge in [-0.2, -0.15) is 0 Å². The van der Waals surface area contributed by atoms with E-state index in [2.05, 4.69) is 31.2 Å². The molecule has 0 aromatic heterocycles. The Balaban J connectivity index is 1.78. The number of ether oxygens (including phenoxy) is 1. The summed E-state index contributed by atoms with van der Waals surface area (Å²) in [4.78, 5) is 14.5. The number of amides is 1. The maximum atomic E-state index is 12.9. The lowest BCUT2D eigenvalue weighted by molar-refractivity contribution is -0.274. The van der Waals surface area contributed by atoms with Crippen LogP contribution in [-0.2, 0) is 13.1 Å². The molecule has 0 saturated carbocycles. The zero-order chi connectivity index (χ0) is 22.8. The van der Waals surface area contributed by atoms with Crippen molar-refractivity contribution in [2.24, 2.45) is 5.92 Å². The second-order valence-electron chi connectivity index (χ2n) is 7.84. The largest absolute Gasteiger partial charge is 0.573 e. The molecule has 0 aliphatic carbocycles. The van der Waals surface area contributed by atoms with Gasteiger partial charge in [0.05, 0.1) is 10.6 Å². The summed E-state index contributed by atoms with van der Waals surface area (Å²) in [6.07, 6.45) is 0.0417. The number of nitrogens with zero attached hydrogens (tertiary/aromatic N) is 1. The van der Waals surface area contributed by atoms with Gasteiger partial charge in [0.2, 0.25) is 0 Å². The van der Waals surface area contributed by atoms with Crippen molar-refractivity contribution in [3.05, 3.63) is 82.4 Å². The molecule has 2 aromatic carbocycles. The highest BCUT2D eigenvalue weighted by atomic mass is 35.5.